The number of ketones is 1. The van der Waals surface area contributed by atoms with E-state index in [0.717, 1.165) is 37.0 Å². The molecule has 3 nitrogen and oxygen atoms in total. The molecule has 0 aromatic rings. The number of hydrogen-bond donors (Lipinski definition) is 2. The fourth-order valence-corrected chi connectivity index (χ4v) is 5.00. The summed E-state index contributed by atoms with van der Waals surface area (Å²) in [6, 6.07) is 0. The Hall–Kier alpha value is -0.410. The lowest BCUT2D eigenvalue weighted by atomic mass is 9.57. The van der Waals surface area contributed by atoms with Crippen molar-refractivity contribution in [2.75, 3.05) is 19.7 Å². The third kappa shape index (κ3) is 2.23. The standard InChI is InChI=1S/C15H25NO2/c17-4-3-16-10-14(18)15-7-11-1-2-12(8-15)6-13(5-11)9-15/h11-13,16-17H,1-10H2. The van der Waals surface area contributed by atoms with Gasteiger partial charge in [-0.3, -0.25) is 4.79 Å². The van der Waals surface area contributed by atoms with Crippen molar-refractivity contribution in [1.82, 2.24) is 5.32 Å². The normalized spacial score (nSPS) is 41.9. The maximum absolute atomic E-state index is 12.6. The van der Waals surface area contributed by atoms with Crippen LogP contribution in [0.25, 0.3) is 0 Å². The monoisotopic (exact) mass is 251 g/mol. The van der Waals surface area contributed by atoms with E-state index in [0.29, 0.717) is 18.9 Å². The lowest BCUT2D eigenvalue weighted by Crippen LogP contribution is -2.46. The SMILES string of the molecule is O=C(CNCCO)C12CC3CCC(CC(C3)C1)C2. The van der Waals surface area contributed by atoms with Gasteiger partial charge in [-0.15, -0.1) is 0 Å². The summed E-state index contributed by atoms with van der Waals surface area (Å²) in [7, 11) is 0. The van der Waals surface area contributed by atoms with Crippen LogP contribution in [0.15, 0.2) is 0 Å². The summed E-state index contributed by atoms with van der Waals surface area (Å²) >= 11 is 0. The summed E-state index contributed by atoms with van der Waals surface area (Å²) in [6.07, 6.45) is 8.95. The molecule has 4 rings (SSSR count). The van der Waals surface area contributed by atoms with Gasteiger partial charge in [0.2, 0.25) is 0 Å². The number of nitrogens with one attached hydrogen (secondary N) is 1. The maximum Gasteiger partial charge on any atom is 0.152 e. The second-order valence-corrected chi connectivity index (χ2v) is 6.86. The molecule has 0 spiro atoms. The second kappa shape index (κ2) is 4.93. The summed E-state index contributed by atoms with van der Waals surface area (Å²) in [5.41, 5.74) is 0.00938. The number of aliphatic hydroxyl groups excluding tert-OH is 1. The van der Waals surface area contributed by atoms with Crippen LogP contribution >= 0.6 is 0 Å². The largest absolute Gasteiger partial charge is 0.395 e. The third-order valence-corrected chi connectivity index (χ3v) is 5.52. The molecule has 2 atom stereocenters. The van der Waals surface area contributed by atoms with Gasteiger partial charge in [-0.25, -0.2) is 0 Å². The number of rotatable bonds is 5. The molecule has 2 N–H and O–H groups in total. The quantitative estimate of drug-likeness (QED) is 0.732. The van der Waals surface area contributed by atoms with Crippen LogP contribution in [0.3, 0.4) is 0 Å². The fourth-order valence-electron chi connectivity index (χ4n) is 5.00. The topological polar surface area (TPSA) is 49.3 Å². The zero-order valence-corrected chi connectivity index (χ0v) is 11.2. The molecule has 18 heavy (non-hydrogen) atoms. The summed E-state index contributed by atoms with van der Waals surface area (Å²) in [5, 5.41) is 11.9. The van der Waals surface area contributed by atoms with E-state index >= 15 is 0 Å². The van der Waals surface area contributed by atoms with Crippen LogP contribution in [-0.2, 0) is 4.79 Å². The predicted octanol–water partition coefficient (Wildman–Crippen LogP) is 1.74. The van der Waals surface area contributed by atoms with Crippen LogP contribution in [0.4, 0.5) is 0 Å². The van der Waals surface area contributed by atoms with Crippen LogP contribution in [0.2, 0.25) is 0 Å². The number of fused-ring (bicyclic) bond motifs is 1. The first kappa shape index (κ1) is 12.6. The highest BCUT2D eigenvalue weighted by Gasteiger charge is 2.51. The minimum atomic E-state index is 0.00938. The molecular formula is C15H25NO2. The molecule has 4 aliphatic carbocycles. The van der Waals surface area contributed by atoms with Crippen molar-refractivity contribution in [3.63, 3.8) is 0 Å². The first-order valence-corrected chi connectivity index (χ1v) is 7.57. The van der Waals surface area contributed by atoms with Gasteiger partial charge in [0.1, 0.15) is 0 Å². The lowest BCUT2D eigenvalue weighted by molar-refractivity contribution is -0.135. The zero-order valence-electron chi connectivity index (χ0n) is 11.2. The van der Waals surface area contributed by atoms with E-state index in [9.17, 15) is 4.79 Å². The fraction of sp³-hybridized carbons (Fsp3) is 0.933. The van der Waals surface area contributed by atoms with Crippen molar-refractivity contribution in [2.24, 2.45) is 23.2 Å². The van der Waals surface area contributed by atoms with Gasteiger partial charge in [-0.05, 0) is 49.9 Å². The van der Waals surface area contributed by atoms with Crippen molar-refractivity contribution in [1.29, 1.82) is 0 Å². The van der Waals surface area contributed by atoms with Gasteiger partial charge in [0.25, 0.3) is 0 Å². The summed E-state index contributed by atoms with van der Waals surface area (Å²) in [4.78, 5) is 12.6. The number of carbonyl (C=O) groups is 1. The van der Waals surface area contributed by atoms with Gasteiger partial charge in [-0.2, -0.15) is 0 Å². The van der Waals surface area contributed by atoms with Crippen molar-refractivity contribution in [3.05, 3.63) is 0 Å². The molecule has 0 amide bonds. The van der Waals surface area contributed by atoms with Crippen LogP contribution in [0.5, 0.6) is 0 Å². The van der Waals surface area contributed by atoms with Gasteiger partial charge < -0.3 is 10.4 Å². The number of aliphatic hydroxyl groups is 1. The molecule has 4 saturated carbocycles. The van der Waals surface area contributed by atoms with Crippen LogP contribution < -0.4 is 5.32 Å². The summed E-state index contributed by atoms with van der Waals surface area (Å²) in [6.45, 7) is 1.12. The van der Waals surface area contributed by atoms with Crippen LogP contribution in [0, 0.1) is 23.2 Å². The summed E-state index contributed by atoms with van der Waals surface area (Å²) < 4.78 is 0. The maximum atomic E-state index is 12.6. The smallest absolute Gasteiger partial charge is 0.152 e. The molecule has 0 heterocycles. The highest BCUT2D eigenvalue weighted by molar-refractivity contribution is 5.87. The Labute approximate surface area is 109 Å². The molecule has 0 aromatic heterocycles. The van der Waals surface area contributed by atoms with Gasteiger partial charge in [0.15, 0.2) is 5.78 Å². The van der Waals surface area contributed by atoms with Crippen molar-refractivity contribution < 1.29 is 9.90 Å². The Bertz CT molecular complexity index is 312. The zero-order chi connectivity index (χ0) is 12.6. The van der Waals surface area contributed by atoms with Crippen LogP contribution in [0.1, 0.15) is 44.9 Å². The number of hydrogen-bond acceptors (Lipinski definition) is 3. The Morgan fingerprint density at radius 3 is 2.33 bits per heavy atom. The number of carbonyl (C=O) groups excluding carboxylic acids is 1. The molecule has 4 fully saturated rings. The Kier molecular flexibility index (Phi) is 3.46. The first-order valence-electron chi connectivity index (χ1n) is 7.57. The molecule has 102 valence electrons. The van der Waals surface area contributed by atoms with Gasteiger partial charge in [-0.1, -0.05) is 12.8 Å². The van der Waals surface area contributed by atoms with E-state index in [2.05, 4.69) is 5.32 Å². The van der Waals surface area contributed by atoms with Crippen molar-refractivity contribution >= 4 is 5.78 Å². The highest BCUT2D eigenvalue weighted by Crippen LogP contribution is 2.57. The minimum Gasteiger partial charge on any atom is -0.395 e. The van der Waals surface area contributed by atoms with Crippen molar-refractivity contribution in [2.45, 2.75) is 44.9 Å². The van der Waals surface area contributed by atoms with Gasteiger partial charge >= 0.3 is 0 Å². The average Bonchev–Trinajstić information content (AvgIpc) is 2.56. The van der Waals surface area contributed by atoms with E-state index < -0.39 is 0 Å². The number of Topliss-reactive ketones (excluding diaryl/α,β-unsaturated/α-hetero) is 1. The molecule has 0 saturated heterocycles. The highest BCUT2D eigenvalue weighted by atomic mass is 16.3. The van der Waals surface area contributed by atoms with E-state index in [1.54, 1.807) is 0 Å². The Morgan fingerprint density at radius 2 is 1.72 bits per heavy atom. The Morgan fingerprint density at radius 1 is 1.11 bits per heavy atom. The molecule has 0 aromatic carbocycles. The molecule has 4 aliphatic rings. The van der Waals surface area contributed by atoms with E-state index in [1.807, 2.05) is 0 Å². The second-order valence-electron chi connectivity index (χ2n) is 6.86. The minimum absolute atomic E-state index is 0.00938. The Balaban J connectivity index is 1.71. The van der Waals surface area contributed by atoms with Gasteiger partial charge in [0.05, 0.1) is 13.2 Å². The summed E-state index contributed by atoms with van der Waals surface area (Å²) in [5.74, 6) is 2.89. The molecular weight excluding hydrogens is 226 g/mol. The molecule has 0 radical (unpaired) electrons. The third-order valence-electron chi connectivity index (χ3n) is 5.52. The van der Waals surface area contributed by atoms with E-state index in [4.69, 9.17) is 5.11 Å². The van der Waals surface area contributed by atoms with Crippen molar-refractivity contribution in [3.8, 4) is 0 Å². The molecule has 2 unspecified atom stereocenters. The lowest BCUT2D eigenvalue weighted by Gasteiger charge is -2.47. The van der Waals surface area contributed by atoms with E-state index in [1.165, 1.54) is 25.7 Å². The molecule has 4 bridgehead atoms. The first-order chi connectivity index (χ1) is 8.72. The predicted molar refractivity (Wildman–Crippen MR) is 70.2 cm³/mol. The van der Waals surface area contributed by atoms with Crippen LogP contribution in [-0.4, -0.2) is 30.6 Å². The van der Waals surface area contributed by atoms with E-state index in [-0.39, 0.29) is 12.0 Å². The van der Waals surface area contributed by atoms with Gasteiger partial charge in [0, 0.05) is 12.0 Å². The average molecular weight is 251 g/mol. The molecule has 0 aliphatic heterocycles. The molecule has 3 heteroatoms.